The van der Waals surface area contributed by atoms with E-state index in [2.05, 4.69) is 19.9 Å². The minimum absolute atomic E-state index is 0.950. The largest absolute Gasteiger partial charge is 0.673 e. The first-order chi connectivity index (χ1) is 17.9. The fraction of sp³-hybridized carbons (Fsp3) is 0. The van der Waals surface area contributed by atoms with E-state index in [0.717, 1.165) is 44.1 Å². The van der Waals surface area contributed by atoms with Crippen LogP contribution in [0.15, 0.2) is 97.1 Å². The SMILES string of the molecule is F[B-](F)(F)F.F[B-](F)(F)F.c1ccc2nc3ccccc3nc2c1.c1ccc2nc3ccccc3nc2c1. The first-order valence-electron chi connectivity index (χ1n) is 10.8. The number of fused-ring (bicyclic) bond motifs is 4. The fourth-order valence-corrected chi connectivity index (χ4v) is 3.13. The van der Waals surface area contributed by atoms with E-state index in [1.165, 1.54) is 0 Å². The van der Waals surface area contributed by atoms with Crippen LogP contribution in [0.4, 0.5) is 34.5 Å². The van der Waals surface area contributed by atoms with E-state index >= 15 is 0 Å². The van der Waals surface area contributed by atoms with E-state index in [1.54, 1.807) is 0 Å². The van der Waals surface area contributed by atoms with Crippen molar-refractivity contribution >= 4 is 58.6 Å². The normalized spacial score (nSPS) is 11.2. The Morgan fingerprint density at radius 1 is 0.289 bits per heavy atom. The summed E-state index contributed by atoms with van der Waals surface area (Å²) in [6.07, 6.45) is 0. The minimum Gasteiger partial charge on any atom is -0.418 e. The van der Waals surface area contributed by atoms with E-state index in [9.17, 15) is 34.5 Å². The van der Waals surface area contributed by atoms with E-state index in [1.807, 2.05) is 97.1 Å². The Balaban J connectivity index is 0.000000158. The number of benzene rings is 4. The highest BCUT2D eigenvalue weighted by atomic mass is 19.5. The van der Waals surface area contributed by atoms with Gasteiger partial charge < -0.3 is 34.5 Å². The Hall–Kier alpha value is -4.35. The van der Waals surface area contributed by atoms with E-state index in [0.29, 0.717) is 0 Å². The standard InChI is InChI=1S/2C12H8N2.2BF4/c2*1-2-6-10-9(5-1)13-11-7-3-4-8-12(11)14-10;2*2-1(3,4)5/h2*1-8H;;/q;;2*-1. The van der Waals surface area contributed by atoms with Gasteiger partial charge >= 0.3 is 14.5 Å². The molecule has 0 saturated heterocycles. The summed E-state index contributed by atoms with van der Waals surface area (Å²) in [5, 5.41) is 0. The molecule has 6 rings (SSSR count). The van der Waals surface area contributed by atoms with Gasteiger partial charge in [0.15, 0.2) is 0 Å². The van der Waals surface area contributed by atoms with Gasteiger partial charge in [-0.2, -0.15) is 0 Å². The lowest BCUT2D eigenvalue weighted by Gasteiger charge is -1.98. The number of rotatable bonds is 0. The Bertz CT molecular complexity index is 1300. The quantitative estimate of drug-likeness (QED) is 0.112. The van der Waals surface area contributed by atoms with Crippen molar-refractivity contribution in [2.75, 3.05) is 0 Å². The number of aromatic nitrogens is 4. The van der Waals surface area contributed by atoms with Gasteiger partial charge in [0.2, 0.25) is 0 Å². The zero-order valence-corrected chi connectivity index (χ0v) is 19.2. The number of halogens is 8. The zero-order valence-electron chi connectivity index (χ0n) is 19.2. The van der Waals surface area contributed by atoms with Crippen molar-refractivity contribution in [2.45, 2.75) is 0 Å². The van der Waals surface area contributed by atoms with Crippen LogP contribution in [0.2, 0.25) is 0 Å². The predicted octanol–water partition coefficient (Wildman–Crippen LogP) is 8.17. The third-order valence-corrected chi connectivity index (χ3v) is 4.49. The first kappa shape index (κ1) is 28.2. The number of hydrogen-bond acceptors (Lipinski definition) is 4. The van der Waals surface area contributed by atoms with Crippen molar-refractivity contribution in [2.24, 2.45) is 0 Å². The summed E-state index contributed by atoms with van der Waals surface area (Å²) in [6, 6.07) is 31.7. The Labute approximate surface area is 210 Å². The maximum absolute atomic E-state index is 9.75. The molecule has 0 spiro atoms. The molecule has 0 fully saturated rings. The molecule has 6 aromatic rings. The summed E-state index contributed by atoms with van der Waals surface area (Å²) in [7, 11) is -12.0. The van der Waals surface area contributed by atoms with Gasteiger partial charge in [0.1, 0.15) is 0 Å². The second-order valence-electron chi connectivity index (χ2n) is 7.39. The van der Waals surface area contributed by atoms with Crippen LogP contribution in [0.3, 0.4) is 0 Å². The van der Waals surface area contributed by atoms with Crippen LogP contribution in [-0.2, 0) is 0 Å². The summed E-state index contributed by atoms with van der Waals surface area (Å²) >= 11 is 0. The highest BCUT2D eigenvalue weighted by molar-refractivity contribution is 6.50. The summed E-state index contributed by atoms with van der Waals surface area (Å²) < 4.78 is 78.0. The molecule has 38 heavy (non-hydrogen) atoms. The molecule has 0 amide bonds. The Morgan fingerprint density at radius 3 is 0.500 bits per heavy atom. The van der Waals surface area contributed by atoms with Crippen LogP contribution in [0, 0.1) is 0 Å². The molecule has 4 nitrogen and oxygen atoms in total. The Kier molecular flexibility index (Phi) is 9.11. The lowest BCUT2D eigenvalue weighted by Crippen LogP contribution is -2.02. The smallest absolute Gasteiger partial charge is 0.418 e. The number of para-hydroxylation sites is 8. The fourth-order valence-electron chi connectivity index (χ4n) is 3.13. The molecular formula is C24H16B2F8N4-2. The van der Waals surface area contributed by atoms with Crippen molar-refractivity contribution in [1.82, 2.24) is 19.9 Å². The van der Waals surface area contributed by atoms with Crippen LogP contribution in [-0.4, -0.2) is 34.4 Å². The monoisotopic (exact) mass is 534 g/mol. The van der Waals surface area contributed by atoms with Crippen LogP contribution < -0.4 is 0 Å². The maximum Gasteiger partial charge on any atom is 0.673 e. The molecule has 0 unspecified atom stereocenters. The predicted molar refractivity (Wildman–Crippen MR) is 134 cm³/mol. The molecule has 0 aliphatic carbocycles. The van der Waals surface area contributed by atoms with Gasteiger partial charge in [-0.15, -0.1) is 0 Å². The molecule has 4 aromatic carbocycles. The molecule has 0 aliphatic rings. The summed E-state index contributed by atoms with van der Waals surface area (Å²) in [5.74, 6) is 0. The molecular weight excluding hydrogens is 518 g/mol. The van der Waals surface area contributed by atoms with Crippen molar-refractivity contribution < 1.29 is 34.5 Å². The molecule has 0 atom stereocenters. The third-order valence-electron chi connectivity index (χ3n) is 4.49. The van der Waals surface area contributed by atoms with Crippen molar-refractivity contribution in [3.8, 4) is 0 Å². The molecule has 0 bridgehead atoms. The minimum atomic E-state index is -6.00. The first-order valence-corrected chi connectivity index (χ1v) is 10.8. The van der Waals surface area contributed by atoms with Gasteiger partial charge in [-0.25, -0.2) is 19.9 Å². The highest BCUT2D eigenvalue weighted by Crippen LogP contribution is 2.16. The molecule has 196 valence electrons. The summed E-state index contributed by atoms with van der Waals surface area (Å²) in [4.78, 5) is 18.1. The van der Waals surface area contributed by atoms with Gasteiger partial charge in [-0.05, 0) is 48.5 Å². The molecule has 0 N–H and O–H groups in total. The molecule has 0 aliphatic heterocycles. The molecule has 2 heterocycles. The average Bonchev–Trinajstić information content (AvgIpc) is 2.84. The van der Waals surface area contributed by atoms with E-state index in [4.69, 9.17) is 0 Å². The van der Waals surface area contributed by atoms with Crippen LogP contribution in [0.5, 0.6) is 0 Å². The third kappa shape index (κ3) is 9.60. The van der Waals surface area contributed by atoms with Crippen LogP contribution >= 0.6 is 0 Å². The van der Waals surface area contributed by atoms with Gasteiger partial charge in [0.05, 0.1) is 44.1 Å². The number of nitrogens with zero attached hydrogens (tertiary/aromatic N) is 4. The van der Waals surface area contributed by atoms with Gasteiger partial charge in [0, 0.05) is 0 Å². The summed E-state index contributed by atoms with van der Waals surface area (Å²) in [6.45, 7) is 0. The second kappa shape index (κ2) is 12.3. The molecule has 14 heteroatoms. The lowest BCUT2D eigenvalue weighted by atomic mass is 10.2. The average molecular weight is 534 g/mol. The van der Waals surface area contributed by atoms with Crippen molar-refractivity contribution in [1.29, 1.82) is 0 Å². The molecule has 2 aromatic heterocycles. The van der Waals surface area contributed by atoms with Gasteiger partial charge in [-0.1, -0.05) is 48.5 Å². The van der Waals surface area contributed by atoms with Gasteiger partial charge in [-0.3, -0.25) is 0 Å². The second-order valence-corrected chi connectivity index (χ2v) is 7.39. The zero-order chi connectivity index (χ0) is 27.8. The number of hydrogen-bond donors (Lipinski definition) is 0. The van der Waals surface area contributed by atoms with Crippen molar-refractivity contribution in [3.63, 3.8) is 0 Å². The van der Waals surface area contributed by atoms with Crippen LogP contribution in [0.25, 0.3) is 44.1 Å². The van der Waals surface area contributed by atoms with E-state index in [-0.39, 0.29) is 0 Å². The Morgan fingerprint density at radius 2 is 0.395 bits per heavy atom. The van der Waals surface area contributed by atoms with Gasteiger partial charge in [0.25, 0.3) is 0 Å². The molecule has 0 radical (unpaired) electrons. The van der Waals surface area contributed by atoms with Crippen LogP contribution in [0.1, 0.15) is 0 Å². The van der Waals surface area contributed by atoms with Crippen molar-refractivity contribution in [3.05, 3.63) is 97.1 Å². The highest BCUT2D eigenvalue weighted by Gasteiger charge is 2.21. The lowest BCUT2D eigenvalue weighted by molar-refractivity contribution is 0.366. The van der Waals surface area contributed by atoms with E-state index < -0.39 is 14.5 Å². The topological polar surface area (TPSA) is 51.6 Å². The molecule has 0 saturated carbocycles. The maximum atomic E-state index is 9.75. The summed E-state index contributed by atoms with van der Waals surface area (Å²) in [5.41, 5.74) is 7.60.